The standard InChI is InChI=1S/C38H62O2S/c1-35(2,3)29-23-27(24-30(33(29)39)36(4,5)6)19-15-13-17-21-41-22-18-14-16-20-28-25-31(37(7,8)9)34(40)32(26-28)38(10,11)12/h23-26,39-40H,13-22H2,1-12H3. The molecule has 2 rings (SSSR count). The molecular weight excluding hydrogens is 520 g/mol. The molecule has 0 saturated carbocycles. The zero-order valence-electron chi connectivity index (χ0n) is 28.7. The summed E-state index contributed by atoms with van der Waals surface area (Å²) in [5.41, 5.74) is 6.77. The second-order valence-corrected chi connectivity index (χ2v) is 17.5. The van der Waals surface area contributed by atoms with Crippen molar-refractivity contribution in [3.8, 4) is 11.5 Å². The first-order valence-corrected chi connectivity index (χ1v) is 17.2. The second-order valence-electron chi connectivity index (χ2n) is 16.3. The van der Waals surface area contributed by atoms with Gasteiger partial charge in [-0.15, -0.1) is 0 Å². The minimum absolute atomic E-state index is 0.0640. The summed E-state index contributed by atoms with van der Waals surface area (Å²) in [6.45, 7) is 26.3. The Balaban J connectivity index is 1.74. The van der Waals surface area contributed by atoms with Crippen LogP contribution < -0.4 is 0 Å². The summed E-state index contributed by atoms with van der Waals surface area (Å²) < 4.78 is 0. The number of aryl methyl sites for hydroxylation is 2. The molecule has 0 saturated heterocycles. The molecule has 0 heterocycles. The highest BCUT2D eigenvalue weighted by molar-refractivity contribution is 7.99. The molecule has 3 heteroatoms. The van der Waals surface area contributed by atoms with E-state index >= 15 is 0 Å². The SMILES string of the molecule is CC(C)(C)c1cc(CCCCCSCCCCCc2cc(C(C)(C)C)c(O)c(C(C)(C)C)c2)cc(C(C)(C)C)c1O. The number of phenols is 2. The highest BCUT2D eigenvalue weighted by Crippen LogP contribution is 2.41. The van der Waals surface area contributed by atoms with Gasteiger partial charge in [0.2, 0.25) is 0 Å². The largest absolute Gasteiger partial charge is 0.507 e. The fourth-order valence-electron chi connectivity index (χ4n) is 5.49. The molecule has 0 spiro atoms. The number of phenolic OH excluding ortho intramolecular Hbond substituents is 2. The third-order valence-electron chi connectivity index (χ3n) is 8.08. The molecule has 0 aliphatic rings. The topological polar surface area (TPSA) is 40.5 Å². The maximum Gasteiger partial charge on any atom is 0.123 e. The molecule has 0 bridgehead atoms. The second kappa shape index (κ2) is 14.2. The van der Waals surface area contributed by atoms with Crippen LogP contribution in [-0.4, -0.2) is 21.7 Å². The molecule has 0 aromatic heterocycles. The predicted molar refractivity (Wildman–Crippen MR) is 183 cm³/mol. The van der Waals surface area contributed by atoms with Crippen LogP contribution in [0.25, 0.3) is 0 Å². The van der Waals surface area contributed by atoms with Gasteiger partial charge < -0.3 is 10.2 Å². The van der Waals surface area contributed by atoms with Gasteiger partial charge in [-0.3, -0.25) is 0 Å². The molecular formula is C38H62O2S. The van der Waals surface area contributed by atoms with Crippen molar-refractivity contribution >= 4 is 11.8 Å². The van der Waals surface area contributed by atoms with Gasteiger partial charge in [0.15, 0.2) is 0 Å². The summed E-state index contributed by atoms with van der Waals surface area (Å²) in [6, 6.07) is 8.97. The van der Waals surface area contributed by atoms with Crippen LogP contribution in [0.4, 0.5) is 0 Å². The monoisotopic (exact) mass is 582 g/mol. The Labute approximate surface area is 258 Å². The third-order valence-corrected chi connectivity index (χ3v) is 9.23. The van der Waals surface area contributed by atoms with E-state index in [0.29, 0.717) is 11.5 Å². The van der Waals surface area contributed by atoms with Crippen LogP contribution in [-0.2, 0) is 34.5 Å². The molecule has 2 aromatic rings. The van der Waals surface area contributed by atoms with Crippen LogP contribution in [0.5, 0.6) is 11.5 Å². The van der Waals surface area contributed by atoms with E-state index in [1.165, 1.54) is 61.2 Å². The summed E-state index contributed by atoms with van der Waals surface area (Å²) in [6.07, 6.45) is 9.66. The van der Waals surface area contributed by atoms with Crippen LogP contribution in [0.2, 0.25) is 0 Å². The van der Waals surface area contributed by atoms with Gasteiger partial charge in [-0.2, -0.15) is 11.8 Å². The van der Waals surface area contributed by atoms with Crippen molar-refractivity contribution in [2.24, 2.45) is 0 Å². The third kappa shape index (κ3) is 10.9. The fourth-order valence-corrected chi connectivity index (χ4v) is 6.51. The first kappa shape index (κ1) is 35.6. The van der Waals surface area contributed by atoms with Gasteiger partial charge in [0.05, 0.1) is 0 Å². The first-order chi connectivity index (χ1) is 18.7. The Hall–Kier alpha value is -1.61. The molecule has 0 radical (unpaired) electrons. The van der Waals surface area contributed by atoms with E-state index in [9.17, 15) is 10.2 Å². The van der Waals surface area contributed by atoms with Crippen molar-refractivity contribution in [3.05, 3.63) is 57.6 Å². The van der Waals surface area contributed by atoms with Gasteiger partial charge in [-0.1, -0.05) is 120 Å². The number of unbranched alkanes of at least 4 members (excludes halogenated alkanes) is 4. The number of hydrogen-bond donors (Lipinski definition) is 2. The summed E-state index contributed by atoms with van der Waals surface area (Å²) in [5, 5.41) is 21.9. The molecule has 0 fully saturated rings. The van der Waals surface area contributed by atoms with Crippen molar-refractivity contribution in [2.75, 3.05) is 11.5 Å². The van der Waals surface area contributed by atoms with Crippen LogP contribution in [0, 0.1) is 0 Å². The van der Waals surface area contributed by atoms with E-state index in [2.05, 4.69) is 119 Å². The molecule has 0 aliphatic heterocycles. The maximum atomic E-state index is 11.0. The molecule has 2 nitrogen and oxygen atoms in total. The summed E-state index contributed by atoms with van der Waals surface area (Å²) >= 11 is 2.11. The molecule has 41 heavy (non-hydrogen) atoms. The molecule has 0 amide bonds. The predicted octanol–water partition coefficient (Wildman–Crippen LogP) is 11.1. The van der Waals surface area contributed by atoms with E-state index in [4.69, 9.17) is 0 Å². The van der Waals surface area contributed by atoms with E-state index in [1.54, 1.807) is 0 Å². The summed E-state index contributed by atoms with van der Waals surface area (Å²) in [4.78, 5) is 0. The van der Waals surface area contributed by atoms with Gasteiger partial charge in [-0.05, 0) is 105 Å². The first-order valence-electron chi connectivity index (χ1n) is 16.0. The Morgan fingerprint density at radius 1 is 0.439 bits per heavy atom. The van der Waals surface area contributed by atoms with Gasteiger partial charge in [0.25, 0.3) is 0 Å². The average Bonchev–Trinajstić information content (AvgIpc) is 2.81. The molecule has 232 valence electrons. The van der Waals surface area contributed by atoms with E-state index in [0.717, 1.165) is 35.1 Å². The smallest absolute Gasteiger partial charge is 0.123 e. The summed E-state index contributed by atoms with van der Waals surface area (Å²) in [5.74, 6) is 3.46. The minimum atomic E-state index is -0.0640. The summed E-state index contributed by atoms with van der Waals surface area (Å²) in [7, 11) is 0. The van der Waals surface area contributed by atoms with Gasteiger partial charge in [0, 0.05) is 0 Å². The van der Waals surface area contributed by atoms with Crippen molar-refractivity contribution < 1.29 is 10.2 Å². The Morgan fingerprint density at radius 2 is 0.707 bits per heavy atom. The molecule has 2 aromatic carbocycles. The zero-order valence-corrected chi connectivity index (χ0v) is 29.5. The van der Waals surface area contributed by atoms with Crippen LogP contribution >= 0.6 is 11.8 Å². The van der Waals surface area contributed by atoms with Crippen molar-refractivity contribution in [2.45, 2.75) is 156 Å². The quantitative estimate of drug-likeness (QED) is 0.245. The lowest BCUT2D eigenvalue weighted by atomic mass is 9.78. The Bertz CT molecular complexity index is 957. The fraction of sp³-hybridized carbons (Fsp3) is 0.684. The van der Waals surface area contributed by atoms with E-state index in [-0.39, 0.29) is 21.7 Å². The lowest BCUT2D eigenvalue weighted by molar-refractivity contribution is 0.421. The van der Waals surface area contributed by atoms with Crippen LogP contribution in [0.15, 0.2) is 24.3 Å². The highest BCUT2D eigenvalue weighted by Gasteiger charge is 2.27. The van der Waals surface area contributed by atoms with Crippen LogP contribution in [0.1, 0.15) is 155 Å². The average molecular weight is 583 g/mol. The molecule has 2 N–H and O–H groups in total. The van der Waals surface area contributed by atoms with Gasteiger partial charge in [0.1, 0.15) is 11.5 Å². The minimum Gasteiger partial charge on any atom is -0.507 e. The lowest BCUT2D eigenvalue weighted by Gasteiger charge is -2.28. The maximum absolute atomic E-state index is 11.0. The Kier molecular flexibility index (Phi) is 12.4. The Morgan fingerprint density at radius 3 is 0.951 bits per heavy atom. The number of benzene rings is 2. The van der Waals surface area contributed by atoms with E-state index < -0.39 is 0 Å². The van der Waals surface area contributed by atoms with Crippen molar-refractivity contribution in [3.63, 3.8) is 0 Å². The number of aromatic hydroxyl groups is 2. The lowest BCUT2D eigenvalue weighted by Crippen LogP contribution is -2.18. The van der Waals surface area contributed by atoms with E-state index in [1.807, 2.05) is 0 Å². The highest BCUT2D eigenvalue weighted by atomic mass is 32.2. The van der Waals surface area contributed by atoms with Crippen molar-refractivity contribution in [1.29, 1.82) is 0 Å². The van der Waals surface area contributed by atoms with Crippen LogP contribution in [0.3, 0.4) is 0 Å². The molecule has 0 unspecified atom stereocenters. The normalized spacial score (nSPS) is 13.2. The number of hydrogen-bond acceptors (Lipinski definition) is 3. The number of thioether (sulfide) groups is 1. The zero-order chi connectivity index (χ0) is 31.2. The van der Waals surface area contributed by atoms with Crippen molar-refractivity contribution in [1.82, 2.24) is 0 Å². The molecule has 0 atom stereocenters. The number of rotatable bonds is 12. The van der Waals surface area contributed by atoms with Gasteiger partial charge >= 0.3 is 0 Å². The van der Waals surface area contributed by atoms with Gasteiger partial charge in [-0.25, -0.2) is 0 Å². The molecule has 0 aliphatic carbocycles.